The van der Waals surface area contributed by atoms with Crippen molar-refractivity contribution in [1.29, 1.82) is 0 Å². The first kappa shape index (κ1) is 15.2. The Hall–Kier alpha value is -1.72. The van der Waals surface area contributed by atoms with Crippen molar-refractivity contribution in [2.75, 3.05) is 4.90 Å². The highest BCUT2D eigenvalue weighted by molar-refractivity contribution is 9.10. The number of rotatable bonds is 1. The lowest BCUT2D eigenvalue weighted by Gasteiger charge is -2.25. The molecule has 112 valence electrons. The van der Waals surface area contributed by atoms with E-state index in [1.165, 1.54) is 5.56 Å². The van der Waals surface area contributed by atoms with Crippen LogP contribution < -0.4 is 10.2 Å². The first-order valence-electron chi connectivity index (χ1n) is 7.04. The van der Waals surface area contributed by atoms with Gasteiger partial charge in [-0.05, 0) is 55.4 Å². The van der Waals surface area contributed by atoms with Crippen LogP contribution in [-0.4, -0.2) is 17.1 Å². The fraction of sp³-hybridized carbons (Fsp3) is 0.176. The lowest BCUT2D eigenvalue weighted by molar-refractivity contribution is 0.0977. The van der Waals surface area contributed by atoms with Gasteiger partial charge in [-0.1, -0.05) is 40.2 Å². The third-order valence-electron chi connectivity index (χ3n) is 3.73. The van der Waals surface area contributed by atoms with Gasteiger partial charge in [0, 0.05) is 21.8 Å². The molecule has 5 heteroatoms. The number of carbonyl (C=O) groups excluding carboxylic acids is 1. The van der Waals surface area contributed by atoms with Crippen molar-refractivity contribution in [3.8, 4) is 0 Å². The predicted octanol–water partition coefficient (Wildman–Crippen LogP) is 3.92. The van der Waals surface area contributed by atoms with Crippen molar-refractivity contribution in [3.05, 3.63) is 64.1 Å². The standard InChI is InChI=1S/C17H15BrN2OS/c1-11-9-12-5-2-3-8-15(12)20(11)17(22)19-16(21)13-6-4-7-14(18)10-13/h2-8,10-11H,9H2,1H3,(H,19,21,22)/t11-/m0/s1. The van der Waals surface area contributed by atoms with E-state index in [0.29, 0.717) is 10.7 Å². The number of amides is 1. The highest BCUT2D eigenvalue weighted by Crippen LogP contribution is 2.31. The number of halogens is 1. The minimum Gasteiger partial charge on any atom is -0.315 e. The van der Waals surface area contributed by atoms with E-state index in [1.807, 2.05) is 35.2 Å². The summed E-state index contributed by atoms with van der Waals surface area (Å²) in [5.41, 5.74) is 2.92. The summed E-state index contributed by atoms with van der Waals surface area (Å²) in [6.45, 7) is 2.11. The summed E-state index contributed by atoms with van der Waals surface area (Å²) in [5, 5.41) is 3.28. The third kappa shape index (κ3) is 2.91. The molecule has 1 heterocycles. The van der Waals surface area contributed by atoms with Crippen molar-refractivity contribution in [1.82, 2.24) is 5.32 Å². The van der Waals surface area contributed by atoms with E-state index >= 15 is 0 Å². The van der Waals surface area contributed by atoms with Crippen LogP contribution in [0.25, 0.3) is 0 Å². The van der Waals surface area contributed by atoms with Gasteiger partial charge in [-0.15, -0.1) is 0 Å². The van der Waals surface area contributed by atoms with Crippen LogP contribution in [0.4, 0.5) is 5.69 Å². The van der Waals surface area contributed by atoms with Crippen molar-refractivity contribution in [2.24, 2.45) is 0 Å². The number of thiocarbonyl (C=S) groups is 1. The molecule has 2 aromatic rings. The molecule has 0 unspecified atom stereocenters. The molecule has 1 N–H and O–H groups in total. The number of fused-ring (bicyclic) bond motifs is 1. The molecule has 0 saturated carbocycles. The maximum atomic E-state index is 12.3. The zero-order valence-electron chi connectivity index (χ0n) is 12.0. The smallest absolute Gasteiger partial charge is 0.257 e. The van der Waals surface area contributed by atoms with Crippen LogP contribution in [0.1, 0.15) is 22.8 Å². The summed E-state index contributed by atoms with van der Waals surface area (Å²) in [7, 11) is 0. The van der Waals surface area contributed by atoms with Gasteiger partial charge in [0.2, 0.25) is 0 Å². The van der Waals surface area contributed by atoms with Crippen LogP contribution in [0.3, 0.4) is 0 Å². The molecule has 0 radical (unpaired) electrons. The summed E-state index contributed by atoms with van der Waals surface area (Å²) in [6.07, 6.45) is 0.934. The second kappa shape index (κ2) is 6.18. The first-order chi connectivity index (χ1) is 10.6. The lowest BCUT2D eigenvalue weighted by Crippen LogP contribution is -2.45. The number of para-hydroxylation sites is 1. The molecule has 0 fully saturated rings. The third-order valence-corrected chi connectivity index (χ3v) is 4.53. The highest BCUT2D eigenvalue weighted by Gasteiger charge is 2.29. The van der Waals surface area contributed by atoms with Gasteiger partial charge < -0.3 is 4.90 Å². The number of anilines is 1. The lowest BCUT2D eigenvalue weighted by atomic mass is 10.1. The normalized spacial score (nSPS) is 16.3. The van der Waals surface area contributed by atoms with E-state index in [1.54, 1.807) is 12.1 Å². The molecule has 0 bridgehead atoms. The molecule has 0 spiro atoms. The van der Waals surface area contributed by atoms with E-state index in [9.17, 15) is 4.79 Å². The van der Waals surface area contributed by atoms with Gasteiger partial charge in [0.25, 0.3) is 5.91 Å². The number of carbonyl (C=O) groups is 1. The molecule has 1 atom stereocenters. The summed E-state index contributed by atoms with van der Waals surface area (Å²) in [4.78, 5) is 14.4. The quantitative estimate of drug-likeness (QED) is 0.767. The average Bonchev–Trinajstić information content (AvgIpc) is 2.83. The summed E-state index contributed by atoms with van der Waals surface area (Å²) < 4.78 is 0.867. The molecule has 1 amide bonds. The Morgan fingerprint density at radius 1 is 1.27 bits per heavy atom. The molecule has 22 heavy (non-hydrogen) atoms. The van der Waals surface area contributed by atoms with Crippen molar-refractivity contribution < 1.29 is 4.79 Å². The second-order valence-corrected chi connectivity index (χ2v) is 6.62. The molecular weight excluding hydrogens is 360 g/mol. The average molecular weight is 375 g/mol. The molecule has 1 aliphatic heterocycles. The summed E-state index contributed by atoms with van der Waals surface area (Å²) >= 11 is 8.83. The van der Waals surface area contributed by atoms with Gasteiger partial charge >= 0.3 is 0 Å². The van der Waals surface area contributed by atoms with Crippen LogP contribution in [0.5, 0.6) is 0 Å². The monoisotopic (exact) mass is 374 g/mol. The van der Waals surface area contributed by atoms with Crippen LogP contribution in [0.15, 0.2) is 53.0 Å². The maximum Gasteiger partial charge on any atom is 0.257 e. The second-order valence-electron chi connectivity index (χ2n) is 5.32. The Labute approximate surface area is 143 Å². The first-order valence-corrected chi connectivity index (χ1v) is 8.24. The highest BCUT2D eigenvalue weighted by atomic mass is 79.9. The number of benzene rings is 2. The Kier molecular flexibility index (Phi) is 4.27. The van der Waals surface area contributed by atoms with E-state index in [-0.39, 0.29) is 11.9 Å². The predicted molar refractivity (Wildman–Crippen MR) is 96.3 cm³/mol. The fourth-order valence-electron chi connectivity index (χ4n) is 2.73. The minimum atomic E-state index is -0.192. The SMILES string of the molecule is C[C@H]1Cc2ccccc2N1C(=S)NC(=O)c1cccc(Br)c1. The minimum absolute atomic E-state index is 0.192. The molecule has 0 saturated heterocycles. The number of hydrogen-bond donors (Lipinski definition) is 1. The van der Waals surface area contributed by atoms with Crippen molar-refractivity contribution >= 4 is 44.9 Å². The maximum absolute atomic E-state index is 12.3. The number of nitrogens with zero attached hydrogens (tertiary/aromatic N) is 1. The molecule has 1 aliphatic rings. The molecule has 2 aromatic carbocycles. The largest absolute Gasteiger partial charge is 0.315 e. The fourth-order valence-corrected chi connectivity index (χ4v) is 3.50. The van der Waals surface area contributed by atoms with E-state index < -0.39 is 0 Å². The Bertz CT molecular complexity index is 747. The van der Waals surface area contributed by atoms with Gasteiger partial charge in [-0.3, -0.25) is 10.1 Å². The Balaban J connectivity index is 1.79. The van der Waals surface area contributed by atoms with Crippen LogP contribution in [0.2, 0.25) is 0 Å². The summed E-state index contributed by atoms with van der Waals surface area (Å²) in [5.74, 6) is -0.192. The van der Waals surface area contributed by atoms with E-state index in [0.717, 1.165) is 16.6 Å². The molecule has 0 aliphatic carbocycles. The van der Waals surface area contributed by atoms with E-state index in [4.69, 9.17) is 12.2 Å². The number of nitrogens with one attached hydrogen (secondary N) is 1. The molecular formula is C17H15BrN2OS. The van der Waals surface area contributed by atoms with Gasteiger partial charge in [0.05, 0.1) is 0 Å². The van der Waals surface area contributed by atoms with Crippen LogP contribution in [-0.2, 0) is 6.42 Å². The molecule has 3 nitrogen and oxygen atoms in total. The van der Waals surface area contributed by atoms with Crippen molar-refractivity contribution in [2.45, 2.75) is 19.4 Å². The molecule has 0 aromatic heterocycles. The zero-order chi connectivity index (χ0) is 15.7. The van der Waals surface area contributed by atoms with Crippen molar-refractivity contribution in [3.63, 3.8) is 0 Å². The zero-order valence-corrected chi connectivity index (χ0v) is 14.4. The Morgan fingerprint density at radius 3 is 2.82 bits per heavy atom. The molecule has 3 rings (SSSR count). The van der Waals surface area contributed by atoms with Crippen LogP contribution >= 0.6 is 28.1 Å². The van der Waals surface area contributed by atoms with Gasteiger partial charge in [-0.25, -0.2) is 0 Å². The van der Waals surface area contributed by atoms with Gasteiger partial charge in [-0.2, -0.15) is 0 Å². The van der Waals surface area contributed by atoms with Gasteiger partial charge in [0.1, 0.15) is 0 Å². The van der Waals surface area contributed by atoms with Crippen LogP contribution in [0, 0.1) is 0 Å². The summed E-state index contributed by atoms with van der Waals surface area (Å²) in [6, 6.07) is 15.7. The topological polar surface area (TPSA) is 32.3 Å². The van der Waals surface area contributed by atoms with Gasteiger partial charge in [0.15, 0.2) is 5.11 Å². The van der Waals surface area contributed by atoms with E-state index in [2.05, 4.69) is 34.2 Å². The number of hydrogen-bond acceptors (Lipinski definition) is 2. The Morgan fingerprint density at radius 2 is 2.05 bits per heavy atom.